The van der Waals surface area contributed by atoms with Crippen LogP contribution in [0.2, 0.25) is 0 Å². The number of aliphatic hydroxyl groups excluding tert-OH is 1. The first-order valence-corrected chi connectivity index (χ1v) is 7.09. The van der Waals surface area contributed by atoms with Crippen LogP contribution in [0.3, 0.4) is 0 Å². The number of rotatable bonds is 5. The summed E-state index contributed by atoms with van der Waals surface area (Å²) in [5.41, 5.74) is 1.27. The Balaban J connectivity index is 1.88. The van der Waals surface area contributed by atoms with E-state index in [0.717, 1.165) is 5.56 Å². The smallest absolute Gasteiger partial charge is 0.409 e. The lowest BCUT2D eigenvalue weighted by atomic mass is 10.1. The van der Waals surface area contributed by atoms with Gasteiger partial charge in [0.25, 0.3) is 0 Å². The molecule has 0 spiro atoms. The summed E-state index contributed by atoms with van der Waals surface area (Å²) in [7, 11) is 1.51. The Hall–Kier alpha value is -2.73. The first-order chi connectivity index (χ1) is 11.0. The minimum absolute atomic E-state index is 0.00214. The van der Waals surface area contributed by atoms with Gasteiger partial charge in [0.1, 0.15) is 6.61 Å². The summed E-state index contributed by atoms with van der Waals surface area (Å²) < 4.78 is 5.16. The van der Waals surface area contributed by atoms with Crippen molar-refractivity contribution in [2.75, 3.05) is 13.6 Å². The summed E-state index contributed by atoms with van der Waals surface area (Å²) in [4.78, 5) is 13.2. The monoisotopic (exact) mass is 317 g/mol. The molecule has 0 aliphatic carbocycles. The number of amides is 1. The van der Waals surface area contributed by atoms with Gasteiger partial charge in [0, 0.05) is 7.05 Å². The van der Waals surface area contributed by atoms with Gasteiger partial charge in [-0.15, -0.1) is 0 Å². The van der Waals surface area contributed by atoms with Crippen LogP contribution in [0.25, 0.3) is 0 Å². The third-order valence-corrected chi connectivity index (χ3v) is 3.35. The average Bonchev–Trinajstić information content (AvgIpc) is 2.55. The fourth-order valence-corrected chi connectivity index (χ4v) is 2.02. The summed E-state index contributed by atoms with van der Waals surface area (Å²) in [5, 5.41) is 28.8. The van der Waals surface area contributed by atoms with E-state index in [2.05, 4.69) is 0 Å². The average molecular weight is 317 g/mol. The topological polar surface area (TPSA) is 90.2 Å². The number of phenols is 2. The van der Waals surface area contributed by atoms with Crippen LogP contribution < -0.4 is 0 Å². The number of nitrogens with zero attached hydrogens (tertiary/aromatic N) is 1. The van der Waals surface area contributed by atoms with Crippen LogP contribution in [0.1, 0.15) is 17.2 Å². The predicted molar refractivity (Wildman–Crippen MR) is 84.0 cm³/mol. The standard InChI is InChI=1S/C17H19NO5/c1-18(17(22)23-11-12-5-3-2-4-6-12)10-16(21)13-7-8-14(19)15(20)9-13/h2-9,16,19-21H,10-11H2,1H3/t16-/m0/s1. The zero-order valence-corrected chi connectivity index (χ0v) is 12.7. The maximum Gasteiger partial charge on any atom is 0.409 e. The number of hydrogen-bond acceptors (Lipinski definition) is 5. The second-order valence-corrected chi connectivity index (χ2v) is 5.18. The number of hydrogen-bond donors (Lipinski definition) is 3. The molecule has 0 aliphatic heterocycles. The number of ether oxygens (including phenoxy) is 1. The first-order valence-electron chi connectivity index (χ1n) is 7.09. The third kappa shape index (κ3) is 4.62. The van der Waals surface area contributed by atoms with Gasteiger partial charge in [-0.25, -0.2) is 4.79 Å². The minimum Gasteiger partial charge on any atom is -0.504 e. The lowest BCUT2D eigenvalue weighted by molar-refractivity contribution is 0.0787. The van der Waals surface area contributed by atoms with E-state index in [1.54, 1.807) is 0 Å². The van der Waals surface area contributed by atoms with Crippen LogP contribution in [-0.2, 0) is 11.3 Å². The lowest BCUT2D eigenvalue weighted by Crippen LogP contribution is -2.31. The summed E-state index contributed by atoms with van der Waals surface area (Å²) in [5.74, 6) is -0.590. The van der Waals surface area contributed by atoms with Gasteiger partial charge >= 0.3 is 6.09 Å². The third-order valence-electron chi connectivity index (χ3n) is 3.35. The Morgan fingerprint density at radius 2 is 1.83 bits per heavy atom. The Morgan fingerprint density at radius 1 is 1.13 bits per heavy atom. The molecule has 3 N–H and O–H groups in total. The van der Waals surface area contributed by atoms with Gasteiger partial charge < -0.3 is 25.0 Å². The van der Waals surface area contributed by atoms with Gasteiger partial charge in [0.05, 0.1) is 12.6 Å². The molecule has 0 aromatic heterocycles. The molecule has 0 fully saturated rings. The quantitative estimate of drug-likeness (QED) is 0.737. The van der Waals surface area contributed by atoms with E-state index in [4.69, 9.17) is 4.74 Å². The van der Waals surface area contributed by atoms with Crippen LogP contribution in [0.4, 0.5) is 4.79 Å². The fraction of sp³-hybridized carbons (Fsp3) is 0.235. The molecule has 6 heteroatoms. The van der Waals surface area contributed by atoms with Crippen molar-refractivity contribution < 1.29 is 24.9 Å². The molecule has 6 nitrogen and oxygen atoms in total. The number of phenolic OH excluding ortho intramolecular Hbond substituents is 2. The summed E-state index contributed by atoms with van der Waals surface area (Å²) in [6, 6.07) is 13.3. The van der Waals surface area contributed by atoms with Crippen LogP contribution in [0, 0.1) is 0 Å². The molecule has 1 amide bonds. The molecule has 0 bridgehead atoms. The Bertz CT molecular complexity index is 659. The van der Waals surface area contributed by atoms with Crippen LogP contribution >= 0.6 is 0 Å². The van der Waals surface area contributed by atoms with Crippen molar-refractivity contribution in [2.45, 2.75) is 12.7 Å². The SMILES string of the molecule is CN(C[C@H](O)c1ccc(O)c(O)c1)C(=O)OCc1ccccc1. The van der Waals surface area contributed by atoms with E-state index in [0.29, 0.717) is 5.56 Å². The number of carbonyl (C=O) groups is 1. The highest BCUT2D eigenvalue weighted by Gasteiger charge is 2.17. The van der Waals surface area contributed by atoms with Gasteiger partial charge in [-0.05, 0) is 23.3 Å². The highest BCUT2D eigenvalue weighted by atomic mass is 16.6. The normalized spacial score (nSPS) is 11.7. The van der Waals surface area contributed by atoms with E-state index in [-0.39, 0.29) is 24.7 Å². The Labute approximate surface area is 134 Å². The van der Waals surface area contributed by atoms with E-state index >= 15 is 0 Å². The van der Waals surface area contributed by atoms with Crippen molar-refractivity contribution >= 4 is 6.09 Å². The molecule has 122 valence electrons. The van der Waals surface area contributed by atoms with Crippen LogP contribution in [0.5, 0.6) is 11.5 Å². The second-order valence-electron chi connectivity index (χ2n) is 5.18. The Kier molecular flexibility index (Phi) is 5.43. The maximum atomic E-state index is 11.9. The Morgan fingerprint density at radius 3 is 2.48 bits per heavy atom. The maximum absolute atomic E-state index is 11.9. The highest BCUT2D eigenvalue weighted by Crippen LogP contribution is 2.28. The minimum atomic E-state index is -1.00. The van der Waals surface area contributed by atoms with Crippen molar-refractivity contribution in [3.05, 3.63) is 59.7 Å². The largest absolute Gasteiger partial charge is 0.504 e. The van der Waals surface area contributed by atoms with Gasteiger partial charge in [-0.1, -0.05) is 36.4 Å². The number of likely N-dealkylation sites (N-methyl/N-ethyl adjacent to an activating group) is 1. The number of benzene rings is 2. The van der Waals surface area contributed by atoms with Crippen molar-refractivity contribution in [2.24, 2.45) is 0 Å². The molecular weight excluding hydrogens is 298 g/mol. The molecule has 0 saturated carbocycles. The van der Waals surface area contributed by atoms with Gasteiger partial charge in [-0.2, -0.15) is 0 Å². The van der Waals surface area contributed by atoms with Crippen molar-refractivity contribution in [3.63, 3.8) is 0 Å². The molecule has 23 heavy (non-hydrogen) atoms. The highest BCUT2D eigenvalue weighted by molar-refractivity contribution is 5.67. The lowest BCUT2D eigenvalue weighted by Gasteiger charge is -2.21. The molecule has 2 rings (SSSR count). The van der Waals surface area contributed by atoms with Crippen LogP contribution in [0.15, 0.2) is 48.5 Å². The molecule has 2 aromatic rings. The predicted octanol–water partition coefficient (Wildman–Crippen LogP) is 2.40. The molecule has 0 aliphatic rings. The number of aromatic hydroxyl groups is 2. The number of aliphatic hydroxyl groups is 1. The number of carbonyl (C=O) groups excluding carboxylic acids is 1. The van der Waals surface area contributed by atoms with Crippen LogP contribution in [-0.4, -0.2) is 39.9 Å². The van der Waals surface area contributed by atoms with E-state index in [1.165, 1.54) is 30.1 Å². The van der Waals surface area contributed by atoms with Crippen molar-refractivity contribution in [1.29, 1.82) is 0 Å². The molecule has 1 atom stereocenters. The molecule has 0 radical (unpaired) electrons. The molecular formula is C17H19NO5. The van der Waals surface area contributed by atoms with Gasteiger partial charge in [-0.3, -0.25) is 0 Å². The summed E-state index contributed by atoms with van der Waals surface area (Å²) >= 11 is 0. The second kappa shape index (κ2) is 7.51. The summed E-state index contributed by atoms with van der Waals surface area (Å²) in [6.45, 7) is 0.151. The van der Waals surface area contributed by atoms with E-state index in [1.807, 2.05) is 30.3 Å². The zero-order valence-electron chi connectivity index (χ0n) is 12.7. The van der Waals surface area contributed by atoms with Crippen molar-refractivity contribution in [3.8, 4) is 11.5 Å². The van der Waals surface area contributed by atoms with E-state index < -0.39 is 12.2 Å². The van der Waals surface area contributed by atoms with E-state index in [9.17, 15) is 20.1 Å². The summed E-state index contributed by atoms with van der Waals surface area (Å²) in [6.07, 6.45) is -1.56. The first kappa shape index (κ1) is 16.6. The molecule has 2 aromatic carbocycles. The zero-order chi connectivity index (χ0) is 16.8. The van der Waals surface area contributed by atoms with Gasteiger partial charge in [0.15, 0.2) is 11.5 Å². The molecule has 0 saturated heterocycles. The molecule has 0 unspecified atom stereocenters. The fourth-order valence-electron chi connectivity index (χ4n) is 2.02. The molecule has 0 heterocycles. The van der Waals surface area contributed by atoms with Crippen molar-refractivity contribution in [1.82, 2.24) is 4.90 Å². The van der Waals surface area contributed by atoms with Gasteiger partial charge in [0.2, 0.25) is 0 Å².